The third-order valence-corrected chi connectivity index (χ3v) is 7.42. The maximum absolute atomic E-state index is 13.2. The number of furan rings is 1. The Kier molecular flexibility index (Phi) is 7.90. The molecule has 1 saturated heterocycles. The minimum Gasteiger partial charge on any atom is -0.426 e. The molecule has 1 aliphatic heterocycles. The Morgan fingerprint density at radius 1 is 0.977 bits per heavy atom. The molecule has 0 unspecified atom stereocenters. The van der Waals surface area contributed by atoms with Gasteiger partial charge >= 0.3 is 0 Å². The topological polar surface area (TPSA) is 110 Å². The number of rotatable bonds is 10. The van der Waals surface area contributed by atoms with Crippen LogP contribution < -0.4 is 15.0 Å². The molecule has 0 atom stereocenters. The van der Waals surface area contributed by atoms with Crippen molar-refractivity contribution < 1.29 is 23.5 Å². The Morgan fingerprint density at radius 2 is 1.74 bits per heavy atom. The van der Waals surface area contributed by atoms with Crippen molar-refractivity contribution in [3.05, 3.63) is 102 Å². The van der Waals surface area contributed by atoms with Gasteiger partial charge in [0, 0.05) is 50.4 Å². The van der Waals surface area contributed by atoms with Crippen molar-refractivity contribution in [2.24, 2.45) is 0 Å². The van der Waals surface area contributed by atoms with E-state index < -0.39 is 5.91 Å². The van der Waals surface area contributed by atoms with Crippen LogP contribution in [0.25, 0.3) is 11.0 Å². The SMILES string of the molecule is CN(C(=O)c1ccccc1)c1ccc2c(c1)nc(NC(=O)c1ccc(Oc3ccccc3)o1)n2CCCN1CCCC1=O. The van der Waals surface area contributed by atoms with Crippen LogP contribution in [0.15, 0.2) is 95.4 Å². The number of likely N-dealkylation sites (tertiary alicyclic amines) is 1. The van der Waals surface area contributed by atoms with Gasteiger partial charge in [0.15, 0.2) is 5.76 Å². The zero-order valence-electron chi connectivity index (χ0n) is 23.7. The van der Waals surface area contributed by atoms with Crippen LogP contribution in [0.5, 0.6) is 11.7 Å². The number of amides is 3. The Morgan fingerprint density at radius 3 is 2.49 bits per heavy atom. The lowest BCUT2D eigenvalue weighted by Gasteiger charge is -2.18. The van der Waals surface area contributed by atoms with Gasteiger partial charge in [0.05, 0.1) is 11.0 Å². The average Bonchev–Trinajstić information content (AvgIpc) is 3.76. The molecule has 0 spiro atoms. The van der Waals surface area contributed by atoms with E-state index in [0.29, 0.717) is 54.4 Å². The lowest BCUT2D eigenvalue weighted by molar-refractivity contribution is -0.127. The lowest BCUT2D eigenvalue weighted by atomic mass is 10.2. The summed E-state index contributed by atoms with van der Waals surface area (Å²) in [5, 5.41) is 2.88. The van der Waals surface area contributed by atoms with Crippen molar-refractivity contribution in [3.63, 3.8) is 0 Å². The van der Waals surface area contributed by atoms with Crippen LogP contribution in [0.3, 0.4) is 0 Å². The Balaban J connectivity index is 1.25. The fourth-order valence-corrected chi connectivity index (χ4v) is 5.17. The first-order valence-electron chi connectivity index (χ1n) is 14.2. The van der Waals surface area contributed by atoms with Crippen LogP contribution in [-0.4, -0.2) is 52.3 Å². The van der Waals surface area contributed by atoms with E-state index >= 15 is 0 Å². The summed E-state index contributed by atoms with van der Waals surface area (Å²) in [7, 11) is 1.72. The summed E-state index contributed by atoms with van der Waals surface area (Å²) in [6.07, 6.45) is 2.15. The molecular formula is C33H31N5O5. The molecule has 10 nitrogen and oxygen atoms in total. The molecule has 0 aliphatic carbocycles. The first kappa shape index (κ1) is 27.8. The van der Waals surface area contributed by atoms with Gasteiger partial charge in [-0.25, -0.2) is 4.98 Å². The van der Waals surface area contributed by atoms with Crippen molar-refractivity contribution in [1.82, 2.24) is 14.5 Å². The number of aromatic nitrogens is 2. The molecule has 3 heterocycles. The van der Waals surface area contributed by atoms with Crippen molar-refractivity contribution >= 4 is 40.4 Å². The molecule has 3 amide bonds. The van der Waals surface area contributed by atoms with Crippen molar-refractivity contribution in [1.29, 1.82) is 0 Å². The van der Waals surface area contributed by atoms with E-state index in [1.807, 2.05) is 64.1 Å². The molecule has 6 rings (SSSR count). The maximum atomic E-state index is 13.2. The summed E-state index contributed by atoms with van der Waals surface area (Å²) in [6.45, 7) is 1.91. The monoisotopic (exact) mass is 577 g/mol. The first-order valence-corrected chi connectivity index (χ1v) is 14.2. The minimum absolute atomic E-state index is 0.0704. The highest BCUT2D eigenvalue weighted by Gasteiger charge is 2.22. The fraction of sp³-hybridized carbons (Fsp3) is 0.212. The molecule has 1 aliphatic rings. The standard InChI is InChI=1S/C33H31N5O5/c1-36(32(41)23-10-4-2-5-11-23)24-15-16-27-26(22-24)34-33(38(27)21-9-20-37-19-8-14-29(37)39)35-31(40)28-17-18-30(43-28)42-25-12-6-3-7-13-25/h2-7,10-13,15-18,22H,8-9,14,19-21H2,1H3,(H,34,35,40). The van der Waals surface area contributed by atoms with Crippen LogP contribution in [-0.2, 0) is 11.3 Å². The van der Waals surface area contributed by atoms with E-state index in [9.17, 15) is 14.4 Å². The van der Waals surface area contributed by atoms with Crippen molar-refractivity contribution in [3.8, 4) is 11.7 Å². The molecule has 10 heteroatoms. The normalized spacial score (nSPS) is 13.0. The second-order valence-corrected chi connectivity index (χ2v) is 10.3. The number of carbonyl (C=O) groups excluding carboxylic acids is 3. The summed E-state index contributed by atoms with van der Waals surface area (Å²) < 4.78 is 13.3. The molecular weight excluding hydrogens is 546 g/mol. The molecule has 2 aromatic heterocycles. The number of anilines is 2. The highest BCUT2D eigenvalue weighted by atomic mass is 16.6. The number of aryl methyl sites for hydroxylation is 1. The van der Waals surface area contributed by atoms with Gasteiger partial charge in [0.25, 0.3) is 17.8 Å². The van der Waals surface area contributed by atoms with Gasteiger partial charge in [-0.1, -0.05) is 36.4 Å². The predicted octanol–water partition coefficient (Wildman–Crippen LogP) is 5.96. The van der Waals surface area contributed by atoms with E-state index in [2.05, 4.69) is 5.32 Å². The van der Waals surface area contributed by atoms with E-state index in [-0.39, 0.29) is 23.5 Å². The summed E-state index contributed by atoms with van der Waals surface area (Å²) in [5.74, 6) is 0.737. The Bertz CT molecular complexity index is 1760. The maximum Gasteiger partial charge on any atom is 0.293 e. The third-order valence-electron chi connectivity index (χ3n) is 7.42. The first-order chi connectivity index (χ1) is 21.0. The van der Waals surface area contributed by atoms with E-state index in [1.54, 1.807) is 48.3 Å². The summed E-state index contributed by atoms with van der Waals surface area (Å²) >= 11 is 0. The number of benzene rings is 3. The fourth-order valence-electron chi connectivity index (χ4n) is 5.17. The van der Waals surface area contributed by atoms with Crippen molar-refractivity contribution in [2.45, 2.75) is 25.8 Å². The zero-order chi connectivity index (χ0) is 29.8. The van der Waals surface area contributed by atoms with Gasteiger partial charge in [-0.15, -0.1) is 0 Å². The van der Waals surface area contributed by atoms with Gasteiger partial charge in [-0.3, -0.25) is 19.7 Å². The van der Waals surface area contributed by atoms with Crippen LogP contribution in [0, 0.1) is 0 Å². The largest absolute Gasteiger partial charge is 0.426 e. The van der Waals surface area contributed by atoms with Crippen LogP contribution in [0.1, 0.15) is 40.2 Å². The summed E-state index contributed by atoms with van der Waals surface area (Å²) in [6, 6.07) is 26.9. The molecule has 0 bridgehead atoms. The summed E-state index contributed by atoms with van der Waals surface area (Å²) in [4.78, 5) is 46.6. The lowest BCUT2D eigenvalue weighted by Crippen LogP contribution is -2.26. The van der Waals surface area contributed by atoms with Gasteiger partial charge < -0.3 is 23.5 Å². The van der Waals surface area contributed by atoms with Gasteiger partial charge in [0.2, 0.25) is 11.9 Å². The highest BCUT2D eigenvalue weighted by Crippen LogP contribution is 2.28. The Labute approximate surface area is 248 Å². The number of ether oxygens (including phenoxy) is 1. The van der Waals surface area contributed by atoms with Gasteiger partial charge in [-0.2, -0.15) is 0 Å². The van der Waals surface area contributed by atoms with E-state index in [4.69, 9.17) is 14.1 Å². The molecule has 43 heavy (non-hydrogen) atoms. The smallest absolute Gasteiger partial charge is 0.293 e. The molecule has 0 radical (unpaired) electrons. The summed E-state index contributed by atoms with van der Waals surface area (Å²) in [5.41, 5.74) is 2.65. The number of fused-ring (bicyclic) bond motifs is 1. The van der Waals surface area contributed by atoms with Crippen LogP contribution in [0.4, 0.5) is 11.6 Å². The van der Waals surface area contributed by atoms with E-state index in [1.165, 1.54) is 0 Å². The number of nitrogens with zero attached hydrogens (tertiary/aromatic N) is 4. The Hall–Kier alpha value is -5.38. The minimum atomic E-state index is -0.481. The highest BCUT2D eigenvalue weighted by molar-refractivity contribution is 6.06. The van der Waals surface area contributed by atoms with Crippen LogP contribution in [0.2, 0.25) is 0 Å². The van der Waals surface area contributed by atoms with Gasteiger partial charge in [-0.05, 0) is 61.4 Å². The van der Waals surface area contributed by atoms with Gasteiger partial charge in [0.1, 0.15) is 5.75 Å². The molecule has 1 fully saturated rings. The number of nitrogens with one attached hydrogen (secondary N) is 1. The second-order valence-electron chi connectivity index (χ2n) is 10.3. The number of imidazole rings is 1. The van der Waals surface area contributed by atoms with Crippen LogP contribution >= 0.6 is 0 Å². The molecule has 0 saturated carbocycles. The number of para-hydroxylation sites is 1. The average molecular weight is 578 g/mol. The molecule has 5 aromatic rings. The van der Waals surface area contributed by atoms with Crippen molar-refractivity contribution in [2.75, 3.05) is 30.4 Å². The number of hydrogen-bond donors (Lipinski definition) is 1. The molecule has 218 valence electrons. The quantitative estimate of drug-likeness (QED) is 0.219. The predicted molar refractivity (Wildman–Crippen MR) is 163 cm³/mol. The second kappa shape index (κ2) is 12.2. The molecule has 1 N–H and O–H groups in total. The zero-order valence-corrected chi connectivity index (χ0v) is 23.7. The van der Waals surface area contributed by atoms with E-state index in [0.717, 1.165) is 18.5 Å². The molecule has 3 aromatic carbocycles. The number of carbonyl (C=O) groups is 3. The third kappa shape index (κ3) is 6.13. The number of hydrogen-bond acceptors (Lipinski definition) is 6.